The molecule has 0 atom stereocenters. The van der Waals surface area contributed by atoms with Crippen molar-refractivity contribution in [3.05, 3.63) is 40.7 Å². The summed E-state index contributed by atoms with van der Waals surface area (Å²) in [5, 5.41) is 8.78. The molecule has 19 heavy (non-hydrogen) atoms. The molecule has 5 nitrogen and oxygen atoms in total. The van der Waals surface area contributed by atoms with Crippen molar-refractivity contribution in [2.75, 3.05) is 5.73 Å². The van der Waals surface area contributed by atoms with Gasteiger partial charge in [0.15, 0.2) is 5.82 Å². The number of aryl methyl sites for hydroxylation is 2. The fraction of sp³-hybridized carbons (Fsp3) is 0.154. The zero-order valence-corrected chi connectivity index (χ0v) is 11.3. The highest BCUT2D eigenvalue weighted by Crippen LogP contribution is 2.30. The van der Waals surface area contributed by atoms with Crippen LogP contribution in [0.1, 0.15) is 11.4 Å². The molecule has 3 aromatic rings. The van der Waals surface area contributed by atoms with Crippen LogP contribution < -0.4 is 5.73 Å². The Hall–Kier alpha value is -2.14. The van der Waals surface area contributed by atoms with Gasteiger partial charge < -0.3 is 5.73 Å². The van der Waals surface area contributed by atoms with Gasteiger partial charge in [-0.05, 0) is 32.0 Å². The molecule has 2 N–H and O–H groups in total. The second-order valence-electron chi connectivity index (χ2n) is 4.40. The number of para-hydroxylation sites is 1. The van der Waals surface area contributed by atoms with Gasteiger partial charge in [0.2, 0.25) is 0 Å². The fourth-order valence-corrected chi connectivity index (χ4v) is 2.31. The molecule has 0 spiro atoms. The molecule has 0 aliphatic rings. The van der Waals surface area contributed by atoms with Gasteiger partial charge in [-0.1, -0.05) is 17.7 Å². The van der Waals surface area contributed by atoms with Gasteiger partial charge in [0.1, 0.15) is 0 Å². The largest absolute Gasteiger partial charge is 0.397 e. The van der Waals surface area contributed by atoms with Gasteiger partial charge in [0.25, 0.3) is 5.78 Å². The first-order valence-corrected chi connectivity index (χ1v) is 6.19. The van der Waals surface area contributed by atoms with E-state index in [1.165, 1.54) is 0 Å². The lowest BCUT2D eigenvalue weighted by atomic mass is 10.1. The molecule has 0 aliphatic carbocycles. The van der Waals surface area contributed by atoms with Crippen LogP contribution in [0.15, 0.2) is 24.3 Å². The van der Waals surface area contributed by atoms with Gasteiger partial charge in [-0.25, -0.2) is 4.98 Å². The summed E-state index contributed by atoms with van der Waals surface area (Å²) in [5.74, 6) is 1.21. The van der Waals surface area contributed by atoms with Crippen LogP contribution in [0.25, 0.3) is 17.2 Å². The summed E-state index contributed by atoms with van der Waals surface area (Å²) in [5.41, 5.74) is 9.18. The van der Waals surface area contributed by atoms with E-state index in [9.17, 15) is 0 Å². The zero-order valence-electron chi connectivity index (χ0n) is 10.6. The zero-order chi connectivity index (χ0) is 13.6. The van der Waals surface area contributed by atoms with Crippen molar-refractivity contribution in [2.45, 2.75) is 13.8 Å². The summed E-state index contributed by atoms with van der Waals surface area (Å²) < 4.78 is 1.87. The molecular weight excluding hydrogens is 262 g/mol. The minimum Gasteiger partial charge on any atom is -0.397 e. The third kappa shape index (κ3) is 1.82. The number of aromatic nitrogens is 4. The Labute approximate surface area is 115 Å². The van der Waals surface area contributed by atoms with E-state index in [1.807, 2.05) is 36.4 Å². The molecule has 0 unspecified atom stereocenters. The van der Waals surface area contributed by atoms with Crippen molar-refractivity contribution in [3.8, 4) is 11.4 Å². The van der Waals surface area contributed by atoms with Crippen molar-refractivity contribution < 1.29 is 0 Å². The lowest BCUT2D eigenvalue weighted by Crippen LogP contribution is -2.00. The van der Waals surface area contributed by atoms with E-state index in [1.54, 1.807) is 6.07 Å². The molecular formula is C13H12ClN5. The Morgan fingerprint density at radius 1 is 1.21 bits per heavy atom. The van der Waals surface area contributed by atoms with Gasteiger partial charge in [0.05, 0.1) is 10.7 Å². The van der Waals surface area contributed by atoms with Gasteiger partial charge >= 0.3 is 0 Å². The second-order valence-corrected chi connectivity index (χ2v) is 4.81. The van der Waals surface area contributed by atoms with Crippen molar-refractivity contribution in [1.29, 1.82) is 0 Å². The van der Waals surface area contributed by atoms with Crippen LogP contribution in [0, 0.1) is 13.8 Å². The standard InChI is InChI=1S/C13H12ClN5/c1-7-6-8(2)19-12(17-18-13(19)16-7)9-4-3-5-10(14)11(9)15/h3-6H,15H2,1-2H3. The van der Waals surface area contributed by atoms with Crippen molar-refractivity contribution >= 4 is 23.1 Å². The molecule has 6 heteroatoms. The number of fused-ring (bicyclic) bond motifs is 1. The maximum atomic E-state index is 6.05. The molecule has 0 amide bonds. The number of hydrogen-bond acceptors (Lipinski definition) is 4. The van der Waals surface area contributed by atoms with E-state index in [2.05, 4.69) is 15.2 Å². The van der Waals surface area contributed by atoms with Gasteiger partial charge in [0, 0.05) is 17.0 Å². The highest BCUT2D eigenvalue weighted by molar-refractivity contribution is 6.33. The Bertz CT molecular complexity index is 778. The molecule has 2 heterocycles. The average Bonchev–Trinajstić information content (AvgIpc) is 2.76. The van der Waals surface area contributed by atoms with E-state index >= 15 is 0 Å². The summed E-state index contributed by atoms with van der Waals surface area (Å²) in [6.45, 7) is 3.91. The summed E-state index contributed by atoms with van der Waals surface area (Å²) in [7, 11) is 0. The molecule has 3 rings (SSSR count). The normalized spacial score (nSPS) is 11.1. The summed E-state index contributed by atoms with van der Waals surface area (Å²) in [6.07, 6.45) is 0. The van der Waals surface area contributed by atoms with Gasteiger partial charge in [-0.3, -0.25) is 4.40 Å². The molecule has 2 aromatic heterocycles. The highest BCUT2D eigenvalue weighted by Gasteiger charge is 2.14. The third-order valence-corrected chi connectivity index (χ3v) is 3.32. The Balaban J connectivity index is 2.35. The number of halogens is 1. The molecule has 0 radical (unpaired) electrons. The summed E-state index contributed by atoms with van der Waals surface area (Å²) >= 11 is 6.05. The van der Waals surface area contributed by atoms with E-state index in [-0.39, 0.29) is 0 Å². The predicted octanol–water partition coefficient (Wildman–Crippen LogP) is 2.64. The van der Waals surface area contributed by atoms with Crippen LogP contribution in [0.5, 0.6) is 0 Å². The molecule has 0 bridgehead atoms. The van der Waals surface area contributed by atoms with Gasteiger partial charge in [-0.15, -0.1) is 10.2 Å². The maximum absolute atomic E-state index is 6.05. The van der Waals surface area contributed by atoms with Crippen LogP contribution in [-0.4, -0.2) is 19.6 Å². The Morgan fingerprint density at radius 2 is 2.00 bits per heavy atom. The lowest BCUT2D eigenvalue weighted by Gasteiger charge is -2.07. The summed E-state index contributed by atoms with van der Waals surface area (Å²) in [4.78, 5) is 4.35. The number of nitrogen functional groups attached to an aromatic ring is 1. The van der Waals surface area contributed by atoms with Crippen LogP contribution >= 0.6 is 11.6 Å². The number of nitrogens with zero attached hydrogens (tertiary/aromatic N) is 4. The van der Waals surface area contributed by atoms with Crippen molar-refractivity contribution in [2.24, 2.45) is 0 Å². The SMILES string of the molecule is Cc1cc(C)n2c(-c3cccc(Cl)c3N)nnc2n1. The number of nitrogens with two attached hydrogens (primary N) is 1. The maximum Gasteiger partial charge on any atom is 0.255 e. The summed E-state index contributed by atoms with van der Waals surface area (Å²) in [6, 6.07) is 7.43. The van der Waals surface area contributed by atoms with Crippen molar-refractivity contribution in [3.63, 3.8) is 0 Å². The monoisotopic (exact) mass is 273 g/mol. The lowest BCUT2D eigenvalue weighted by molar-refractivity contribution is 1.02. The molecule has 0 aliphatic heterocycles. The average molecular weight is 274 g/mol. The van der Waals surface area contributed by atoms with Crippen LogP contribution in [0.3, 0.4) is 0 Å². The molecule has 96 valence electrons. The molecule has 0 fully saturated rings. The third-order valence-electron chi connectivity index (χ3n) is 2.99. The smallest absolute Gasteiger partial charge is 0.255 e. The minimum atomic E-state index is 0.499. The van der Waals surface area contributed by atoms with E-state index in [0.29, 0.717) is 22.3 Å². The predicted molar refractivity (Wildman–Crippen MR) is 75.1 cm³/mol. The quantitative estimate of drug-likeness (QED) is 0.692. The van der Waals surface area contributed by atoms with Gasteiger partial charge in [-0.2, -0.15) is 0 Å². The first-order chi connectivity index (χ1) is 9.08. The first kappa shape index (κ1) is 11.9. The number of hydrogen-bond donors (Lipinski definition) is 1. The Morgan fingerprint density at radius 3 is 2.79 bits per heavy atom. The minimum absolute atomic E-state index is 0.499. The van der Waals surface area contributed by atoms with Crippen LogP contribution in [0.2, 0.25) is 5.02 Å². The molecule has 0 saturated carbocycles. The second kappa shape index (κ2) is 4.20. The highest BCUT2D eigenvalue weighted by atomic mass is 35.5. The molecule has 1 aromatic carbocycles. The van der Waals surface area contributed by atoms with E-state index in [4.69, 9.17) is 17.3 Å². The fourth-order valence-electron chi connectivity index (χ4n) is 2.14. The van der Waals surface area contributed by atoms with Crippen LogP contribution in [-0.2, 0) is 0 Å². The number of benzene rings is 1. The number of rotatable bonds is 1. The molecule has 0 saturated heterocycles. The Kier molecular flexibility index (Phi) is 2.64. The van der Waals surface area contributed by atoms with E-state index < -0.39 is 0 Å². The van der Waals surface area contributed by atoms with E-state index in [0.717, 1.165) is 17.0 Å². The first-order valence-electron chi connectivity index (χ1n) is 5.81. The van der Waals surface area contributed by atoms with Crippen LogP contribution in [0.4, 0.5) is 5.69 Å². The van der Waals surface area contributed by atoms with Crippen molar-refractivity contribution in [1.82, 2.24) is 19.6 Å². The number of anilines is 1. The topological polar surface area (TPSA) is 69.1 Å².